The first-order valence-electron chi connectivity index (χ1n) is 2.78. The molecule has 46 valence electrons. The Hall–Kier alpha value is 1.60. The van der Waals surface area contributed by atoms with Gasteiger partial charge in [0.05, 0.1) is 5.60 Å². The molecule has 8 heavy (non-hydrogen) atoms. The molecule has 0 rings (SSSR count). The van der Waals surface area contributed by atoms with Crippen LogP contribution in [0.15, 0.2) is 0 Å². The Kier molecular flexibility index (Phi) is 8.27. The summed E-state index contributed by atoms with van der Waals surface area (Å²) in [5.74, 6) is 0. The first-order valence-corrected chi connectivity index (χ1v) is 2.78. The fourth-order valence-corrected chi connectivity index (χ4v) is 0.612. The molecular formula is C6H15KO. The maximum atomic E-state index is 9.02. The van der Waals surface area contributed by atoms with Gasteiger partial charge in [0.2, 0.25) is 0 Å². The Morgan fingerprint density at radius 2 is 1.75 bits per heavy atom. The van der Waals surface area contributed by atoms with Crippen molar-refractivity contribution in [1.29, 1.82) is 0 Å². The summed E-state index contributed by atoms with van der Waals surface area (Å²) >= 11 is 0. The average molecular weight is 142 g/mol. The van der Waals surface area contributed by atoms with Crippen LogP contribution in [-0.2, 0) is 0 Å². The normalized spacial score (nSPS) is 10.5. The van der Waals surface area contributed by atoms with E-state index in [2.05, 4.69) is 6.92 Å². The molecule has 0 spiro atoms. The van der Waals surface area contributed by atoms with Gasteiger partial charge in [-0.05, 0) is 20.3 Å². The Morgan fingerprint density at radius 1 is 1.38 bits per heavy atom. The molecule has 0 aliphatic carbocycles. The van der Waals surface area contributed by atoms with Crippen LogP contribution >= 0.6 is 0 Å². The van der Waals surface area contributed by atoms with Gasteiger partial charge in [-0.2, -0.15) is 0 Å². The van der Waals surface area contributed by atoms with Gasteiger partial charge in [-0.3, -0.25) is 0 Å². The van der Waals surface area contributed by atoms with Crippen molar-refractivity contribution in [3.05, 3.63) is 0 Å². The molecule has 0 saturated heterocycles. The van der Waals surface area contributed by atoms with Gasteiger partial charge >= 0.3 is 51.4 Å². The van der Waals surface area contributed by atoms with Gasteiger partial charge in [-0.15, -0.1) is 0 Å². The summed E-state index contributed by atoms with van der Waals surface area (Å²) in [5, 5.41) is 9.02. The van der Waals surface area contributed by atoms with E-state index in [1.807, 2.05) is 13.8 Å². The van der Waals surface area contributed by atoms with E-state index >= 15 is 0 Å². The molecule has 2 heteroatoms. The van der Waals surface area contributed by atoms with E-state index in [9.17, 15) is 0 Å². The molecule has 0 atom stereocenters. The minimum absolute atomic E-state index is 0. The van der Waals surface area contributed by atoms with Crippen LogP contribution in [0.3, 0.4) is 0 Å². The number of hydrogen-bond donors (Lipinski definition) is 1. The summed E-state index contributed by atoms with van der Waals surface area (Å²) in [6, 6.07) is 0. The van der Waals surface area contributed by atoms with E-state index in [4.69, 9.17) is 5.11 Å². The van der Waals surface area contributed by atoms with Crippen molar-refractivity contribution in [1.82, 2.24) is 0 Å². The van der Waals surface area contributed by atoms with Gasteiger partial charge in [-0.1, -0.05) is 13.3 Å². The average Bonchev–Trinajstić information content (AvgIpc) is 1.30. The molecule has 0 unspecified atom stereocenters. The summed E-state index contributed by atoms with van der Waals surface area (Å²) in [4.78, 5) is 0. The fraction of sp³-hybridized carbons (Fsp3) is 1.00. The van der Waals surface area contributed by atoms with Crippen LogP contribution in [-0.4, -0.2) is 62.1 Å². The SMILES string of the molecule is CCCC(C)(C)O.[KH]. The van der Waals surface area contributed by atoms with Gasteiger partial charge < -0.3 is 5.11 Å². The number of aliphatic hydroxyl groups is 1. The number of rotatable bonds is 2. The third-order valence-electron chi connectivity index (χ3n) is 0.862. The fourth-order valence-electron chi connectivity index (χ4n) is 0.612. The molecule has 0 saturated carbocycles. The minimum atomic E-state index is -0.450. The van der Waals surface area contributed by atoms with Crippen LogP contribution in [0, 0.1) is 0 Å². The zero-order valence-corrected chi connectivity index (χ0v) is 5.36. The molecule has 1 N–H and O–H groups in total. The number of hydrogen-bond acceptors (Lipinski definition) is 1. The molecule has 0 aliphatic heterocycles. The second-order valence-electron chi connectivity index (χ2n) is 2.56. The van der Waals surface area contributed by atoms with E-state index in [0.717, 1.165) is 12.8 Å². The van der Waals surface area contributed by atoms with E-state index in [1.54, 1.807) is 0 Å². The molecule has 0 heterocycles. The topological polar surface area (TPSA) is 20.2 Å². The van der Waals surface area contributed by atoms with Crippen molar-refractivity contribution in [2.75, 3.05) is 0 Å². The molecular weight excluding hydrogens is 127 g/mol. The van der Waals surface area contributed by atoms with Gasteiger partial charge in [0.25, 0.3) is 0 Å². The van der Waals surface area contributed by atoms with E-state index in [1.165, 1.54) is 0 Å². The zero-order valence-electron chi connectivity index (χ0n) is 5.36. The van der Waals surface area contributed by atoms with E-state index < -0.39 is 5.60 Å². The quantitative estimate of drug-likeness (QED) is 0.568. The summed E-state index contributed by atoms with van der Waals surface area (Å²) in [7, 11) is 0. The van der Waals surface area contributed by atoms with Crippen LogP contribution in [0.2, 0.25) is 0 Å². The maximum absolute atomic E-state index is 9.02. The Bertz CT molecular complexity index is 47.0. The van der Waals surface area contributed by atoms with Gasteiger partial charge in [-0.25, -0.2) is 0 Å². The third-order valence-corrected chi connectivity index (χ3v) is 0.862. The molecule has 0 fully saturated rings. The van der Waals surface area contributed by atoms with Crippen molar-refractivity contribution < 1.29 is 5.11 Å². The predicted octanol–water partition coefficient (Wildman–Crippen LogP) is 0.909. The first kappa shape index (κ1) is 12.3. The van der Waals surface area contributed by atoms with Crippen LogP contribution in [0.5, 0.6) is 0 Å². The van der Waals surface area contributed by atoms with Gasteiger partial charge in [0.1, 0.15) is 0 Å². The Morgan fingerprint density at radius 3 is 1.75 bits per heavy atom. The predicted molar refractivity (Wildman–Crippen MR) is 38.4 cm³/mol. The van der Waals surface area contributed by atoms with Crippen molar-refractivity contribution >= 4 is 51.4 Å². The Labute approximate surface area is 94.3 Å². The molecule has 0 aromatic rings. The van der Waals surface area contributed by atoms with E-state index in [0.29, 0.717) is 0 Å². The summed E-state index contributed by atoms with van der Waals surface area (Å²) < 4.78 is 0. The molecule has 0 amide bonds. The van der Waals surface area contributed by atoms with Crippen molar-refractivity contribution in [3.63, 3.8) is 0 Å². The van der Waals surface area contributed by atoms with Crippen LogP contribution in [0.4, 0.5) is 0 Å². The summed E-state index contributed by atoms with van der Waals surface area (Å²) in [5.41, 5.74) is -0.450. The molecule has 1 nitrogen and oxygen atoms in total. The standard InChI is InChI=1S/C6H14O.K.H/c1-4-5-6(2,3)7;;/h7H,4-5H2,1-3H3;;. The van der Waals surface area contributed by atoms with Gasteiger partial charge in [0.15, 0.2) is 0 Å². The van der Waals surface area contributed by atoms with Crippen LogP contribution < -0.4 is 0 Å². The van der Waals surface area contributed by atoms with Crippen molar-refractivity contribution in [2.45, 2.75) is 39.2 Å². The van der Waals surface area contributed by atoms with E-state index in [-0.39, 0.29) is 51.4 Å². The van der Waals surface area contributed by atoms with Crippen LogP contribution in [0.1, 0.15) is 33.6 Å². The zero-order chi connectivity index (χ0) is 5.91. The Balaban J connectivity index is 0. The summed E-state index contributed by atoms with van der Waals surface area (Å²) in [6.07, 6.45) is 1.95. The van der Waals surface area contributed by atoms with Gasteiger partial charge in [0, 0.05) is 0 Å². The van der Waals surface area contributed by atoms with Crippen molar-refractivity contribution in [3.8, 4) is 0 Å². The van der Waals surface area contributed by atoms with Crippen LogP contribution in [0.25, 0.3) is 0 Å². The molecule has 0 aliphatic rings. The monoisotopic (exact) mass is 142 g/mol. The third kappa shape index (κ3) is 10.6. The molecule has 0 radical (unpaired) electrons. The second-order valence-corrected chi connectivity index (χ2v) is 2.56. The van der Waals surface area contributed by atoms with Crippen molar-refractivity contribution in [2.24, 2.45) is 0 Å². The molecule has 0 aromatic carbocycles. The first-order chi connectivity index (χ1) is 3.06. The summed E-state index contributed by atoms with van der Waals surface area (Å²) in [6.45, 7) is 5.73. The molecule has 0 aromatic heterocycles. The second kappa shape index (κ2) is 5.39. The molecule has 0 bridgehead atoms.